The van der Waals surface area contributed by atoms with Crippen molar-refractivity contribution in [2.24, 2.45) is 5.92 Å². The third-order valence-electron chi connectivity index (χ3n) is 5.26. The lowest BCUT2D eigenvalue weighted by Crippen LogP contribution is -2.22. The van der Waals surface area contributed by atoms with Crippen LogP contribution in [0, 0.1) is 5.92 Å². The predicted molar refractivity (Wildman–Crippen MR) is 132 cm³/mol. The van der Waals surface area contributed by atoms with E-state index in [0.29, 0.717) is 31.2 Å². The first-order valence-electron chi connectivity index (χ1n) is 10.6. The zero-order valence-corrected chi connectivity index (χ0v) is 20.3. The highest BCUT2D eigenvalue weighted by Gasteiger charge is 2.26. The maximum absolute atomic E-state index is 13.0. The average molecular weight is 517 g/mol. The molecule has 11 heteroatoms. The van der Waals surface area contributed by atoms with Gasteiger partial charge in [0, 0.05) is 22.7 Å². The number of ketones is 1. The first kappa shape index (κ1) is 24.2. The molecule has 0 radical (unpaired) electrons. The molecule has 3 N–H and O–H groups in total. The number of carbonyl (C=O) groups is 3. The van der Waals surface area contributed by atoms with E-state index in [0.717, 1.165) is 37.0 Å². The number of hydrogen-bond acceptors (Lipinski definition) is 7. The lowest BCUT2D eigenvalue weighted by Gasteiger charge is -2.14. The van der Waals surface area contributed by atoms with E-state index in [9.17, 15) is 19.5 Å². The van der Waals surface area contributed by atoms with E-state index in [4.69, 9.17) is 11.6 Å². The number of nitrogens with zero attached hydrogens (tertiary/aromatic N) is 2. The predicted octanol–water partition coefficient (Wildman–Crippen LogP) is 5.99. The first-order chi connectivity index (χ1) is 16.4. The Morgan fingerprint density at radius 2 is 1.94 bits per heavy atom. The van der Waals surface area contributed by atoms with Crippen LogP contribution in [0.1, 0.15) is 41.7 Å². The van der Waals surface area contributed by atoms with Crippen molar-refractivity contribution in [1.82, 2.24) is 9.97 Å². The van der Waals surface area contributed by atoms with Gasteiger partial charge in [0.25, 0.3) is 0 Å². The molecule has 0 atom stereocenters. The molecule has 0 bridgehead atoms. The minimum absolute atomic E-state index is 0.0256. The molecule has 1 aliphatic rings. The molecule has 0 saturated heterocycles. The monoisotopic (exact) mass is 516 g/mol. The van der Waals surface area contributed by atoms with Crippen molar-refractivity contribution < 1.29 is 19.5 Å². The van der Waals surface area contributed by atoms with Crippen LogP contribution in [0.3, 0.4) is 0 Å². The number of carbonyl (C=O) groups excluding carboxylic acids is 2. The van der Waals surface area contributed by atoms with Crippen LogP contribution in [0.4, 0.5) is 15.6 Å². The lowest BCUT2D eigenvalue weighted by atomic mass is 9.95. The summed E-state index contributed by atoms with van der Waals surface area (Å²) in [6, 6.07) is 9.62. The van der Waals surface area contributed by atoms with E-state index < -0.39 is 12.0 Å². The molecule has 34 heavy (non-hydrogen) atoms. The number of urea groups is 1. The molecule has 176 valence electrons. The number of aliphatic carboxylic acids is 1. The van der Waals surface area contributed by atoms with Crippen molar-refractivity contribution in [1.29, 1.82) is 0 Å². The number of halogens is 1. The molecule has 8 nitrogen and oxygen atoms in total. The number of pyridine rings is 1. The van der Waals surface area contributed by atoms with Crippen molar-refractivity contribution in [3.05, 3.63) is 58.9 Å². The van der Waals surface area contributed by atoms with Gasteiger partial charge in [-0.25, -0.2) is 14.8 Å². The second-order valence-electron chi connectivity index (χ2n) is 7.71. The van der Waals surface area contributed by atoms with Crippen molar-refractivity contribution >= 4 is 63.3 Å². The topological polar surface area (TPSA) is 121 Å². The summed E-state index contributed by atoms with van der Waals surface area (Å²) in [6.07, 6.45) is 5.05. The third-order valence-corrected chi connectivity index (χ3v) is 7.67. The van der Waals surface area contributed by atoms with Crippen LogP contribution in [0.2, 0.25) is 5.02 Å². The Labute approximate surface area is 209 Å². The summed E-state index contributed by atoms with van der Waals surface area (Å²) in [4.78, 5) is 45.5. The third kappa shape index (κ3) is 6.13. The van der Waals surface area contributed by atoms with E-state index in [-0.39, 0.29) is 23.3 Å². The molecule has 1 aromatic carbocycles. The number of rotatable bonds is 8. The number of nitrogens with one attached hydrogen (secondary N) is 2. The van der Waals surface area contributed by atoms with Crippen LogP contribution < -0.4 is 10.6 Å². The molecule has 2 amide bonds. The molecule has 0 unspecified atom stereocenters. The van der Waals surface area contributed by atoms with Crippen molar-refractivity contribution in [2.75, 3.05) is 10.6 Å². The summed E-state index contributed by atoms with van der Waals surface area (Å²) in [5.41, 5.74) is 1.09. The Kier molecular flexibility index (Phi) is 7.81. The van der Waals surface area contributed by atoms with Gasteiger partial charge in [0.2, 0.25) is 0 Å². The lowest BCUT2D eigenvalue weighted by molar-refractivity contribution is -0.136. The van der Waals surface area contributed by atoms with Crippen LogP contribution in [0.15, 0.2) is 51.8 Å². The minimum atomic E-state index is -1.03. The zero-order valence-electron chi connectivity index (χ0n) is 17.9. The van der Waals surface area contributed by atoms with Crippen molar-refractivity contribution in [3.8, 4) is 0 Å². The fourth-order valence-corrected chi connectivity index (χ4v) is 5.94. The van der Waals surface area contributed by atoms with Crippen LogP contribution in [-0.2, 0) is 11.2 Å². The number of hydrogen-bond donors (Lipinski definition) is 3. The molecule has 3 aromatic rings. The summed E-state index contributed by atoms with van der Waals surface area (Å²) in [5, 5.41) is 15.9. The fraction of sp³-hybridized carbons (Fsp3) is 0.261. The molecule has 1 aliphatic carbocycles. The van der Waals surface area contributed by atoms with Crippen molar-refractivity contribution in [3.63, 3.8) is 0 Å². The standard InChI is InChI=1S/C23H21ClN4O4S2/c24-14-8-9-16(15(11-14)20(31)13-5-1-2-6-13)26-22(32)28-23-27-17(12-19(29)30)21(34-23)33-18-7-3-4-10-25-18/h3-4,7-11,13H,1-2,5-6,12H2,(H,29,30)(H2,26,27,28,32). The highest BCUT2D eigenvalue weighted by molar-refractivity contribution is 8.01. The first-order valence-corrected chi connectivity index (χ1v) is 12.6. The normalized spacial score (nSPS) is 13.6. The Balaban J connectivity index is 1.51. The second-order valence-corrected chi connectivity index (χ2v) is 10.4. The molecule has 2 aromatic heterocycles. The highest BCUT2D eigenvalue weighted by Crippen LogP contribution is 2.37. The van der Waals surface area contributed by atoms with Crippen LogP contribution in [0.5, 0.6) is 0 Å². The maximum atomic E-state index is 13.0. The summed E-state index contributed by atoms with van der Waals surface area (Å²) >= 11 is 8.56. The number of anilines is 2. The molecule has 0 aliphatic heterocycles. The minimum Gasteiger partial charge on any atom is -0.481 e. The van der Waals surface area contributed by atoms with E-state index in [1.165, 1.54) is 11.8 Å². The number of thiazole rings is 1. The SMILES string of the molecule is O=C(O)Cc1nc(NC(=O)Nc2ccc(Cl)cc2C(=O)C2CCCC2)sc1Sc1ccccn1. The van der Waals surface area contributed by atoms with Crippen LogP contribution in [-0.4, -0.2) is 32.9 Å². The van der Waals surface area contributed by atoms with Gasteiger partial charge in [-0.3, -0.25) is 14.9 Å². The van der Waals surface area contributed by atoms with Gasteiger partial charge in [0.1, 0.15) is 5.03 Å². The molecular weight excluding hydrogens is 496 g/mol. The largest absolute Gasteiger partial charge is 0.481 e. The number of amides is 2. The van der Waals surface area contributed by atoms with Gasteiger partial charge in [-0.15, -0.1) is 0 Å². The summed E-state index contributed by atoms with van der Waals surface area (Å²) < 4.78 is 0.625. The average Bonchev–Trinajstić information content (AvgIpc) is 3.45. The van der Waals surface area contributed by atoms with E-state index in [1.807, 2.05) is 6.07 Å². The van der Waals surface area contributed by atoms with Gasteiger partial charge < -0.3 is 10.4 Å². The van der Waals surface area contributed by atoms with Crippen molar-refractivity contribution in [2.45, 2.75) is 41.3 Å². The Morgan fingerprint density at radius 3 is 2.65 bits per heavy atom. The van der Waals surface area contributed by atoms with Gasteiger partial charge in [-0.2, -0.15) is 0 Å². The summed E-state index contributed by atoms with van der Waals surface area (Å²) in [6.45, 7) is 0. The van der Waals surface area contributed by atoms with Gasteiger partial charge in [-0.1, -0.05) is 53.6 Å². The zero-order chi connectivity index (χ0) is 24.1. The number of Topliss-reactive ketones (excluding diaryl/α,β-unsaturated/α-hetero) is 1. The molecule has 1 saturated carbocycles. The Hall–Kier alpha value is -2.95. The van der Waals surface area contributed by atoms with Crippen LogP contribution >= 0.6 is 34.7 Å². The molecular formula is C23H21ClN4O4S2. The number of carboxylic acid groups (broad SMARTS) is 1. The number of benzene rings is 1. The maximum Gasteiger partial charge on any atom is 0.325 e. The van der Waals surface area contributed by atoms with Gasteiger partial charge in [0.15, 0.2) is 10.9 Å². The van der Waals surface area contributed by atoms with Crippen LogP contribution in [0.25, 0.3) is 0 Å². The number of carboxylic acids is 1. The summed E-state index contributed by atoms with van der Waals surface area (Å²) in [7, 11) is 0. The molecule has 1 fully saturated rings. The molecule has 2 heterocycles. The van der Waals surface area contributed by atoms with Gasteiger partial charge in [0.05, 0.1) is 22.0 Å². The smallest absolute Gasteiger partial charge is 0.325 e. The quantitative estimate of drug-likeness (QED) is 0.314. The van der Waals surface area contributed by atoms with Gasteiger partial charge >= 0.3 is 12.0 Å². The summed E-state index contributed by atoms with van der Waals surface area (Å²) in [5.74, 6) is -1.12. The Morgan fingerprint density at radius 1 is 1.15 bits per heavy atom. The fourth-order valence-electron chi connectivity index (χ4n) is 3.72. The highest BCUT2D eigenvalue weighted by atomic mass is 35.5. The van der Waals surface area contributed by atoms with E-state index >= 15 is 0 Å². The van der Waals surface area contributed by atoms with Gasteiger partial charge in [-0.05, 0) is 43.2 Å². The molecule has 4 rings (SSSR count). The number of aromatic nitrogens is 2. The van der Waals surface area contributed by atoms with E-state index in [1.54, 1.807) is 36.5 Å². The molecule has 0 spiro atoms. The van der Waals surface area contributed by atoms with E-state index in [2.05, 4.69) is 20.6 Å². The second kappa shape index (κ2) is 11.0. The Bertz CT molecular complexity index is 1210.